The minimum absolute atomic E-state index is 0.0553. The van der Waals surface area contributed by atoms with Gasteiger partial charge in [0.2, 0.25) is 43.1 Å². The number of likely N-dealkylation sites (tertiary alicyclic amines) is 1. The molecule has 0 spiro atoms. The van der Waals surface area contributed by atoms with Crippen LogP contribution in [0.1, 0.15) is 111 Å². The molecule has 67 heavy (non-hydrogen) atoms. The first-order chi connectivity index (χ1) is 31.3. The van der Waals surface area contributed by atoms with Crippen molar-refractivity contribution in [2.24, 2.45) is 28.4 Å². The van der Waals surface area contributed by atoms with E-state index in [-0.39, 0.29) is 44.2 Å². The number of rotatable bonds is 23. The van der Waals surface area contributed by atoms with Gasteiger partial charge in [-0.2, -0.15) is 8.78 Å². The maximum atomic E-state index is 16.1. The molecule has 2 aliphatic rings. The van der Waals surface area contributed by atoms with Gasteiger partial charge >= 0.3 is 25.2 Å². The van der Waals surface area contributed by atoms with Crippen LogP contribution in [0, 0.1) is 22.7 Å². The number of hydrogen-bond donors (Lipinski definition) is 4. The van der Waals surface area contributed by atoms with E-state index < -0.39 is 103 Å². The molecule has 2 aromatic carbocycles. The average molecular weight is 960 g/mol. The molecular formula is C47H64F2N5O12P. The molecule has 0 aromatic heterocycles. The van der Waals surface area contributed by atoms with Crippen molar-refractivity contribution in [2.75, 3.05) is 20.1 Å². The topological polar surface area (TPSA) is 239 Å². The van der Waals surface area contributed by atoms with E-state index in [1.54, 1.807) is 6.92 Å². The summed E-state index contributed by atoms with van der Waals surface area (Å²) in [6, 6.07) is 10.4. The summed E-state index contributed by atoms with van der Waals surface area (Å²) in [6.45, 7) is 10.7. The van der Waals surface area contributed by atoms with Crippen LogP contribution in [0.5, 0.6) is 0 Å². The van der Waals surface area contributed by atoms with Gasteiger partial charge in [0.15, 0.2) is 0 Å². The number of amides is 5. The summed E-state index contributed by atoms with van der Waals surface area (Å²) >= 11 is 0. The Kier molecular flexibility index (Phi) is 18.6. The number of carbonyl (C=O) groups excluding carboxylic acids is 7. The third kappa shape index (κ3) is 15.0. The Morgan fingerprint density at radius 3 is 1.97 bits per heavy atom. The second-order valence-corrected chi connectivity index (χ2v) is 20.9. The Hall–Kier alpha value is -5.52. The van der Waals surface area contributed by atoms with Crippen molar-refractivity contribution in [3.8, 4) is 0 Å². The molecule has 0 bridgehead atoms. The molecule has 5 N–H and O–H groups in total. The predicted molar refractivity (Wildman–Crippen MR) is 242 cm³/mol. The summed E-state index contributed by atoms with van der Waals surface area (Å²) in [7, 11) is -5.57. The number of halogens is 2. The molecular weight excluding hydrogens is 896 g/mol. The largest absolute Gasteiger partial charge is 0.438 e. The van der Waals surface area contributed by atoms with Crippen LogP contribution in [-0.2, 0) is 68.9 Å². The van der Waals surface area contributed by atoms with E-state index in [4.69, 9.17) is 24.3 Å². The number of unbranched alkanes of at least 4 members (excludes halogenated alkanes) is 1. The van der Waals surface area contributed by atoms with Crippen molar-refractivity contribution in [3.63, 3.8) is 0 Å². The first kappa shape index (κ1) is 54.1. The van der Waals surface area contributed by atoms with Gasteiger partial charge in [0.1, 0.15) is 18.1 Å². The van der Waals surface area contributed by atoms with Crippen LogP contribution in [0.4, 0.5) is 8.78 Å². The van der Waals surface area contributed by atoms with Crippen molar-refractivity contribution >= 4 is 54.6 Å². The van der Waals surface area contributed by atoms with E-state index in [0.29, 0.717) is 30.4 Å². The number of nitrogens with zero attached hydrogens (tertiary/aromatic N) is 1. The molecule has 4 rings (SSSR count). The molecule has 5 atom stereocenters. The lowest BCUT2D eigenvalue weighted by Crippen LogP contribution is -2.57. The van der Waals surface area contributed by atoms with Gasteiger partial charge in [-0.1, -0.05) is 74.4 Å². The highest BCUT2D eigenvalue weighted by Crippen LogP contribution is 2.67. The number of fused-ring (bicyclic) bond motifs is 1. The van der Waals surface area contributed by atoms with E-state index >= 15 is 8.78 Å². The molecule has 2 fully saturated rings. The van der Waals surface area contributed by atoms with Gasteiger partial charge in [-0.15, -0.1) is 0 Å². The number of hydrogen-bond acceptors (Lipinski definition) is 12. The lowest BCUT2D eigenvalue weighted by atomic mass is 9.98. The third-order valence-corrected chi connectivity index (χ3v) is 13.1. The Morgan fingerprint density at radius 1 is 0.851 bits per heavy atom. The fourth-order valence-corrected chi connectivity index (χ4v) is 8.38. The van der Waals surface area contributed by atoms with Gasteiger partial charge in [-0.25, -0.2) is 0 Å². The van der Waals surface area contributed by atoms with Gasteiger partial charge in [-0.05, 0) is 96.3 Å². The second kappa shape index (κ2) is 23.0. The maximum absolute atomic E-state index is 16.1. The monoisotopic (exact) mass is 959 g/mol. The smallest absolute Gasteiger partial charge is 0.410 e. The zero-order chi connectivity index (χ0) is 49.9. The molecule has 1 heterocycles. The van der Waals surface area contributed by atoms with Crippen LogP contribution in [0.15, 0.2) is 60.7 Å². The van der Waals surface area contributed by atoms with Crippen LogP contribution >= 0.6 is 7.60 Å². The van der Waals surface area contributed by atoms with Crippen LogP contribution < -0.4 is 21.7 Å². The highest BCUT2D eigenvalue weighted by Gasteiger charge is 2.58. The summed E-state index contributed by atoms with van der Waals surface area (Å²) in [5.74, 6) is -4.64. The first-order valence-corrected chi connectivity index (χ1v) is 23.7. The Labute approximate surface area is 390 Å². The zero-order valence-electron chi connectivity index (χ0n) is 39.4. The van der Waals surface area contributed by atoms with E-state index in [2.05, 4.69) is 16.0 Å². The SMILES string of the molecule is CCCC[C@H](NC(=O)/C=C(\C)c1ccc(C(F)(F)P(=O)(OCOC(=O)C(C)(C)C)OCOC(=O)C(C)(C)C)cc1)C(=O)N1C[C@H]2C[C@H]2[C@H]1C(=O)N[C@@H](CCC(N)=O)C(=O)NCc1ccccc1. The van der Waals surface area contributed by atoms with Crippen molar-refractivity contribution in [1.82, 2.24) is 20.9 Å². The number of primary amides is 1. The fraction of sp³-hybridized carbons (Fsp3) is 0.553. The van der Waals surface area contributed by atoms with Gasteiger partial charge in [0.05, 0.1) is 10.8 Å². The van der Waals surface area contributed by atoms with E-state index in [1.807, 2.05) is 37.3 Å². The van der Waals surface area contributed by atoms with Crippen molar-refractivity contribution in [1.29, 1.82) is 0 Å². The molecule has 0 radical (unpaired) electrons. The van der Waals surface area contributed by atoms with E-state index in [1.165, 1.54) is 64.7 Å². The van der Waals surface area contributed by atoms with Crippen molar-refractivity contribution in [3.05, 3.63) is 77.4 Å². The Balaban J connectivity index is 1.48. The van der Waals surface area contributed by atoms with Crippen LogP contribution in [0.25, 0.3) is 5.57 Å². The zero-order valence-corrected chi connectivity index (χ0v) is 40.3. The number of carbonyl (C=O) groups is 7. The molecule has 368 valence electrons. The molecule has 5 amide bonds. The summed E-state index contributed by atoms with van der Waals surface area (Å²) in [5, 5.41) is 8.30. The lowest BCUT2D eigenvalue weighted by Gasteiger charge is -2.31. The number of allylic oxidation sites excluding steroid dienone is 1. The van der Waals surface area contributed by atoms with Gasteiger partial charge < -0.3 is 36.1 Å². The van der Waals surface area contributed by atoms with Crippen molar-refractivity contribution in [2.45, 2.75) is 124 Å². The second-order valence-electron chi connectivity index (χ2n) is 18.9. The standard InChI is InChI=1S/C47H64F2N5O12P/c1-9-10-16-36(42(59)54-26-32-24-34(32)39(54)41(58)53-35(21-22-37(50)55)40(57)51-25-30-14-12-11-13-15-30)52-38(56)23-29(2)31-17-19-33(20-18-31)47(48,49)67(62,65-27-63-43(60)45(3,4)5)66-28-64-44(61)46(6,7)8/h11-15,17-20,23,32,34-36,39H,9-10,16,21-22,24-28H2,1-8H3,(H2,50,55)(H,51,57)(H,52,56)(H,53,58)/b29-23+/t32-,34-,35+,36+,39+/m1/s1. The van der Waals surface area contributed by atoms with E-state index in [0.717, 1.165) is 17.7 Å². The molecule has 2 aromatic rings. The molecule has 1 saturated carbocycles. The highest BCUT2D eigenvalue weighted by molar-refractivity contribution is 7.54. The molecule has 17 nitrogen and oxygen atoms in total. The third-order valence-electron chi connectivity index (χ3n) is 11.2. The number of ether oxygens (including phenoxy) is 2. The van der Waals surface area contributed by atoms with Crippen molar-refractivity contribution < 1.29 is 65.4 Å². The summed E-state index contributed by atoms with van der Waals surface area (Å²) in [4.78, 5) is 92.6. The number of alkyl halides is 2. The molecule has 1 aliphatic heterocycles. The summed E-state index contributed by atoms with van der Waals surface area (Å²) < 4.78 is 65.6. The number of benzene rings is 2. The van der Waals surface area contributed by atoms with Crippen LogP contribution in [0.3, 0.4) is 0 Å². The molecule has 1 saturated heterocycles. The maximum Gasteiger partial charge on any atom is 0.410 e. The van der Waals surface area contributed by atoms with Crippen LogP contribution in [0.2, 0.25) is 0 Å². The number of nitrogens with one attached hydrogen (secondary N) is 3. The normalized spacial score (nSPS) is 18.2. The fourth-order valence-electron chi connectivity index (χ4n) is 7.13. The van der Waals surface area contributed by atoms with E-state index in [9.17, 15) is 38.1 Å². The summed E-state index contributed by atoms with van der Waals surface area (Å²) in [6.07, 6.45) is 3.15. The number of piperidine rings is 1. The minimum atomic E-state index is -5.57. The predicted octanol–water partition coefficient (Wildman–Crippen LogP) is 6.05. The first-order valence-electron chi connectivity index (χ1n) is 22.2. The van der Waals surface area contributed by atoms with Crippen LogP contribution in [-0.4, -0.2) is 84.6 Å². The molecule has 0 unspecified atom stereocenters. The molecule has 1 aliphatic carbocycles. The van der Waals surface area contributed by atoms with Gasteiger partial charge in [0.25, 0.3) is 0 Å². The average Bonchev–Trinajstić information content (AvgIpc) is 3.92. The van der Waals surface area contributed by atoms with Gasteiger partial charge in [-0.3, -0.25) is 47.2 Å². The molecule has 20 heteroatoms. The number of esters is 2. The summed E-state index contributed by atoms with van der Waals surface area (Å²) in [5.41, 5.74) is -0.460. The Bertz CT molecular complexity index is 2160. The Morgan fingerprint density at radius 2 is 1.43 bits per heavy atom. The minimum Gasteiger partial charge on any atom is -0.438 e. The highest BCUT2D eigenvalue weighted by atomic mass is 31.2. The number of nitrogens with two attached hydrogens (primary N) is 1. The van der Waals surface area contributed by atoms with Gasteiger partial charge in [0, 0.05) is 31.1 Å². The lowest BCUT2D eigenvalue weighted by molar-refractivity contribution is -0.163. The quantitative estimate of drug-likeness (QED) is 0.0431.